The lowest BCUT2D eigenvalue weighted by molar-refractivity contribution is 0.222. The van der Waals surface area contributed by atoms with Crippen molar-refractivity contribution in [2.45, 2.75) is 50.9 Å². The standard InChI is InChI=1S/C16H24BrN/c1-16(2)10-8-14(9-11-16)18(3)15-7-5-4-6-13(15)12-17/h4-7,14H,8-12H2,1-3H3. The molecule has 0 aliphatic heterocycles. The summed E-state index contributed by atoms with van der Waals surface area (Å²) in [5.41, 5.74) is 3.33. The van der Waals surface area contributed by atoms with Gasteiger partial charge in [0.15, 0.2) is 0 Å². The van der Waals surface area contributed by atoms with Crippen molar-refractivity contribution in [2.24, 2.45) is 5.41 Å². The fourth-order valence-corrected chi connectivity index (χ4v) is 3.41. The van der Waals surface area contributed by atoms with E-state index in [4.69, 9.17) is 0 Å². The predicted octanol–water partition coefficient (Wildman–Crippen LogP) is 4.99. The molecule has 1 aliphatic rings. The minimum absolute atomic E-state index is 0.548. The van der Waals surface area contributed by atoms with Gasteiger partial charge in [-0.2, -0.15) is 0 Å². The molecule has 0 bridgehead atoms. The monoisotopic (exact) mass is 309 g/mol. The molecule has 18 heavy (non-hydrogen) atoms. The van der Waals surface area contributed by atoms with E-state index in [0.717, 1.165) is 5.33 Å². The van der Waals surface area contributed by atoms with Crippen molar-refractivity contribution in [1.82, 2.24) is 0 Å². The first kappa shape index (κ1) is 13.9. The second kappa shape index (κ2) is 5.64. The number of para-hydroxylation sites is 1. The molecule has 0 saturated heterocycles. The number of alkyl halides is 1. The highest BCUT2D eigenvalue weighted by molar-refractivity contribution is 9.08. The minimum atomic E-state index is 0.548. The van der Waals surface area contributed by atoms with Crippen LogP contribution in [0.5, 0.6) is 0 Å². The van der Waals surface area contributed by atoms with Gasteiger partial charge < -0.3 is 4.90 Å². The first-order valence-corrected chi connectivity index (χ1v) is 8.02. The Balaban J connectivity index is 2.10. The van der Waals surface area contributed by atoms with Gasteiger partial charge in [0.2, 0.25) is 0 Å². The van der Waals surface area contributed by atoms with Crippen LogP contribution in [0.4, 0.5) is 5.69 Å². The maximum absolute atomic E-state index is 3.59. The molecule has 1 aromatic carbocycles. The molecular formula is C16H24BrN. The van der Waals surface area contributed by atoms with Crippen LogP contribution in [-0.2, 0) is 5.33 Å². The lowest BCUT2D eigenvalue weighted by Crippen LogP contribution is -2.37. The molecule has 0 aromatic heterocycles. The Morgan fingerprint density at radius 3 is 2.44 bits per heavy atom. The molecule has 2 heteroatoms. The summed E-state index contributed by atoms with van der Waals surface area (Å²) in [4.78, 5) is 2.49. The molecule has 100 valence electrons. The van der Waals surface area contributed by atoms with Crippen LogP contribution in [0.15, 0.2) is 24.3 Å². The van der Waals surface area contributed by atoms with Gasteiger partial charge in [-0.05, 0) is 42.7 Å². The predicted molar refractivity (Wildman–Crippen MR) is 83.5 cm³/mol. The molecule has 1 aliphatic carbocycles. The van der Waals surface area contributed by atoms with Crippen molar-refractivity contribution in [3.8, 4) is 0 Å². The van der Waals surface area contributed by atoms with Crippen molar-refractivity contribution in [1.29, 1.82) is 0 Å². The van der Waals surface area contributed by atoms with Crippen molar-refractivity contribution in [3.05, 3.63) is 29.8 Å². The zero-order chi connectivity index (χ0) is 13.2. The number of hydrogen-bond donors (Lipinski definition) is 0. The summed E-state index contributed by atoms with van der Waals surface area (Å²) >= 11 is 3.59. The number of nitrogens with zero attached hydrogens (tertiary/aromatic N) is 1. The molecule has 0 spiro atoms. The molecule has 0 heterocycles. The fourth-order valence-electron chi connectivity index (χ4n) is 2.94. The zero-order valence-electron chi connectivity index (χ0n) is 11.7. The zero-order valence-corrected chi connectivity index (χ0v) is 13.3. The van der Waals surface area contributed by atoms with Gasteiger partial charge in [0.1, 0.15) is 0 Å². The van der Waals surface area contributed by atoms with E-state index in [9.17, 15) is 0 Å². The third-order valence-electron chi connectivity index (χ3n) is 4.37. The second-order valence-electron chi connectivity index (χ2n) is 6.27. The molecule has 1 saturated carbocycles. The van der Waals surface area contributed by atoms with Crippen LogP contribution >= 0.6 is 15.9 Å². The Bertz CT molecular complexity index is 390. The molecule has 0 N–H and O–H groups in total. The number of anilines is 1. The largest absolute Gasteiger partial charge is 0.371 e. The lowest BCUT2D eigenvalue weighted by atomic mass is 9.75. The van der Waals surface area contributed by atoms with E-state index < -0.39 is 0 Å². The van der Waals surface area contributed by atoms with Gasteiger partial charge in [0.25, 0.3) is 0 Å². The summed E-state index contributed by atoms with van der Waals surface area (Å²) in [6, 6.07) is 9.44. The average Bonchev–Trinajstić information content (AvgIpc) is 2.38. The van der Waals surface area contributed by atoms with E-state index in [0.29, 0.717) is 11.5 Å². The van der Waals surface area contributed by atoms with Crippen LogP contribution in [0.3, 0.4) is 0 Å². The van der Waals surface area contributed by atoms with E-state index in [1.54, 1.807) is 0 Å². The normalized spacial score (nSPS) is 19.8. The van der Waals surface area contributed by atoms with E-state index >= 15 is 0 Å². The Kier molecular flexibility index (Phi) is 4.37. The maximum Gasteiger partial charge on any atom is 0.0407 e. The van der Waals surface area contributed by atoms with Crippen molar-refractivity contribution >= 4 is 21.6 Å². The Morgan fingerprint density at radius 1 is 1.22 bits per heavy atom. The highest BCUT2D eigenvalue weighted by atomic mass is 79.9. The number of hydrogen-bond acceptors (Lipinski definition) is 1. The topological polar surface area (TPSA) is 3.24 Å². The quantitative estimate of drug-likeness (QED) is 0.711. The molecule has 0 radical (unpaired) electrons. The molecule has 0 atom stereocenters. The lowest BCUT2D eigenvalue weighted by Gasteiger charge is -2.40. The Labute approximate surface area is 120 Å². The average molecular weight is 310 g/mol. The highest BCUT2D eigenvalue weighted by Gasteiger charge is 2.29. The molecule has 0 amide bonds. The molecule has 1 aromatic rings. The van der Waals surface area contributed by atoms with Crippen LogP contribution in [0, 0.1) is 5.41 Å². The van der Waals surface area contributed by atoms with Crippen molar-refractivity contribution in [2.75, 3.05) is 11.9 Å². The van der Waals surface area contributed by atoms with Gasteiger partial charge in [-0.1, -0.05) is 48.0 Å². The number of benzene rings is 1. The van der Waals surface area contributed by atoms with E-state index in [1.165, 1.54) is 36.9 Å². The van der Waals surface area contributed by atoms with Crippen LogP contribution < -0.4 is 4.90 Å². The number of rotatable bonds is 3. The smallest absolute Gasteiger partial charge is 0.0407 e. The summed E-state index contributed by atoms with van der Waals surface area (Å²) in [5.74, 6) is 0. The first-order chi connectivity index (χ1) is 8.53. The van der Waals surface area contributed by atoms with Gasteiger partial charge in [0, 0.05) is 24.1 Å². The van der Waals surface area contributed by atoms with E-state index in [2.05, 4.69) is 66.0 Å². The van der Waals surface area contributed by atoms with Crippen LogP contribution in [0.25, 0.3) is 0 Å². The summed E-state index contributed by atoms with van der Waals surface area (Å²) < 4.78 is 0. The molecule has 1 nitrogen and oxygen atoms in total. The molecule has 0 unspecified atom stereocenters. The van der Waals surface area contributed by atoms with Crippen LogP contribution in [-0.4, -0.2) is 13.1 Å². The van der Waals surface area contributed by atoms with Gasteiger partial charge in [-0.25, -0.2) is 0 Å². The van der Waals surface area contributed by atoms with Gasteiger partial charge in [0.05, 0.1) is 0 Å². The number of halogens is 1. The summed E-state index contributed by atoms with van der Waals surface area (Å²) in [6.07, 6.45) is 5.33. The Hall–Kier alpha value is -0.500. The molecular weight excluding hydrogens is 286 g/mol. The van der Waals surface area contributed by atoms with Crippen LogP contribution in [0.1, 0.15) is 45.1 Å². The van der Waals surface area contributed by atoms with Gasteiger partial charge in [-0.3, -0.25) is 0 Å². The van der Waals surface area contributed by atoms with Gasteiger partial charge >= 0.3 is 0 Å². The SMILES string of the molecule is CN(c1ccccc1CBr)C1CCC(C)(C)CC1. The molecule has 2 rings (SSSR count). The Morgan fingerprint density at radius 2 is 1.83 bits per heavy atom. The molecule has 1 fully saturated rings. The van der Waals surface area contributed by atoms with E-state index in [1.807, 2.05) is 0 Å². The third-order valence-corrected chi connectivity index (χ3v) is 4.98. The minimum Gasteiger partial charge on any atom is -0.371 e. The van der Waals surface area contributed by atoms with Gasteiger partial charge in [-0.15, -0.1) is 0 Å². The summed E-state index contributed by atoms with van der Waals surface area (Å²) in [6.45, 7) is 4.80. The summed E-state index contributed by atoms with van der Waals surface area (Å²) in [5, 5.41) is 0.936. The van der Waals surface area contributed by atoms with E-state index in [-0.39, 0.29) is 0 Å². The van der Waals surface area contributed by atoms with Crippen molar-refractivity contribution in [3.63, 3.8) is 0 Å². The highest BCUT2D eigenvalue weighted by Crippen LogP contribution is 2.38. The second-order valence-corrected chi connectivity index (χ2v) is 6.83. The fraction of sp³-hybridized carbons (Fsp3) is 0.625. The van der Waals surface area contributed by atoms with Crippen LogP contribution in [0.2, 0.25) is 0 Å². The third kappa shape index (κ3) is 3.09. The first-order valence-electron chi connectivity index (χ1n) is 6.90. The summed E-state index contributed by atoms with van der Waals surface area (Å²) in [7, 11) is 2.25. The maximum atomic E-state index is 3.59. The van der Waals surface area contributed by atoms with Crippen molar-refractivity contribution < 1.29 is 0 Å².